The van der Waals surface area contributed by atoms with Crippen molar-refractivity contribution < 1.29 is 10.0 Å². The molecule has 1 rings (SSSR count). The molecule has 1 amide bonds. The topological polar surface area (TPSA) is 40.5 Å². The largest absolute Gasteiger partial charge is 0.281 e. The lowest BCUT2D eigenvalue weighted by molar-refractivity contribution is -0.123. The van der Waals surface area contributed by atoms with Crippen LogP contribution in [-0.2, 0) is 4.79 Å². The van der Waals surface area contributed by atoms with Gasteiger partial charge in [-0.25, -0.2) is 0 Å². The van der Waals surface area contributed by atoms with E-state index in [0.29, 0.717) is 22.2 Å². The van der Waals surface area contributed by atoms with Gasteiger partial charge in [-0.3, -0.25) is 10.0 Å². The molecule has 0 heterocycles. The smallest absolute Gasteiger partial charge is 0.250 e. The van der Waals surface area contributed by atoms with Gasteiger partial charge in [0.2, 0.25) is 0 Å². The van der Waals surface area contributed by atoms with E-state index in [-0.39, 0.29) is 5.91 Å². The summed E-state index contributed by atoms with van der Waals surface area (Å²) in [5.74, 6) is -0.267. The number of hydrogen-bond acceptors (Lipinski definition) is 2. The fraction of sp³-hybridized carbons (Fsp3) is 0.696. The number of amides is 1. The second-order valence-corrected chi connectivity index (χ2v) is 7.97. The van der Waals surface area contributed by atoms with Gasteiger partial charge in [0.1, 0.15) is 0 Å². The van der Waals surface area contributed by atoms with Gasteiger partial charge in [-0.1, -0.05) is 108 Å². The van der Waals surface area contributed by atoms with Gasteiger partial charge < -0.3 is 0 Å². The van der Waals surface area contributed by atoms with Gasteiger partial charge in [-0.15, -0.1) is 0 Å². The molecule has 0 fully saturated rings. The van der Waals surface area contributed by atoms with E-state index in [0.717, 1.165) is 12.8 Å². The molecule has 0 saturated carbocycles. The van der Waals surface area contributed by atoms with Crippen LogP contribution in [0.2, 0.25) is 5.02 Å². The molecule has 27 heavy (non-hydrogen) atoms. The maximum atomic E-state index is 12.0. The molecule has 1 aromatic rings. The monoisotopic (exact) mass is 395 g/mol. The summed E-state index contributed by atoms with van der Waals surface area (Å²) in [5.41, 5.74) is 0.429. The highest BCUT2D eigenvalue weighted by molar-refractivity contribution is 6.30. The third-order valence-corrected chi connectivity index (χ3v) is 5.27. The van der Waals surface area contributed by atoms with Crippen LogP contribution in [0.1, 0.15) is 103 Å². The standard InChI is InChI=1S/C23H38ClNO2/c1-2-3-4-5-6-7-8-9-10-11-12-13-14-15-19-23(26)25(27)22-18-16-17-21(24)20-22/h16-18,20,27H,2-15,19H2,1H3. The Morgan fingerprint density at radius 1 is 0.852 bits per heavy atom. The molecule has 3 nitrogen and oxygen atoms in total. The molecular weight excluding hydrogens is 358 g/mol. The molecule has 0 atom stereocenters. The summed E-state index contributed by atoms with van der Waals surface area (Å²) in [6.07, 6.45) is 18.4. The quantitative estimate of drug-likeness (QED) is 0.175. The highest BCUT2D eigenvalue weighted by Crippen LogP contribution is 2.19. The Balaban J connectivity index is 1.92. The van der Waals surface area contributed by atoms with Crippen molar-refractivity contribution in [3.8, 4) is 0 Å². The van der Waals surface area contributed by atoms with Crippen LogP contribution in [0.5, 0.6) is 0 Å². The average Bonchev–Trinajstić information content (AvgIpc) is 2.67. The van der Waals surface area contributed by atoms with Gasteiger partial charge >= 0.3 is 0 Å². The summed E-state index contributed by atoms with van der Waals surface area (Å²) in [6.45, 7) is 2.26. The minimum atomic E-state index is -0.267. The van der Waals surface area contributed by atoms with Crippen LogP contribution in [0, 0.1) is 0 Å². The number of carbonyl (C=O) groups excluding carboxylic acids is 1. The van der Waals surface area contributed by atoms with Gasteiger partial charge in [-0.05, 0) is 24.6 Å². The molecule has 0 spiro atoms. The van der Waals surface area contributed by atoms with Gasteiger partial charge in [-0.2, -0.15) is 5.06 Å². The SMILES string of the molecule is CCCCCCCCCCCCCCCCC(=O)N(O)c1cccc(Cl)c1. The fourth-order valence-corrected chi connectivity index (χ4v) is 3.51. The number of hydroxylamine groups is 1. The molecule has 4 heteroatoms. The predicted octanol–water partition coefficient (Wildman–Crippen LogP) is 7.93. The minimum Gasteiger partial charge on any atom is -0.281 e. The van der Waals surface area contributed by atoms with E-state index in [4.69, 9.17) is 11.6 Å². The number of hydrogen-bond donors (Lipinski definition) is 1. The van der Waals surface area contributed by atoms with Gasteiger partial charge in [0.25, 0.3) is 5.91 Å². The van der Waals surface area contributed by atoms with Gasteiger partial charge in [0.05, 0.1) is 5.69 Å². The lowest BCUT2D eigenvalue weighted by Gasteiger charge is -2.15. The van der Waals surface area contributed by atoms with E-state index < -0.39 is 0 Å². The average molecular weight is 396 g/mol. The number of halogens is 1. The molecule has 1 N–H and O–H groups in total. The number of anilines is 1. The van der Waals surface area contributed by atoms with Crippen molar-refractivity contribution in [3.05, 3.63) is 29.3 Å². The Morgan fingerprint density at radius 3 is 1.81 bits per heavy atom. The second kappa shape index (κ2) is 15.9. The number of rotatable bonds is 16. The minimum absolute atomic E-state index is 0.267. The first-order chi connectivity index (χ1) is 13.1. The molecule has 0 aliphatic heterocycles. The van der Waals surface area contributed by atoms with Crippen molar-refractivity contribution in [1.29, 1.82) is 0 Å². The van der Waals surface area contributed by atoms with Crippen molar-refractivity contribution in [2.45, 2.75) is 103 Å². The lowest BCUT2D eigenvalue weighted by Crippen LogP contribution is -2.26. The fourth-order valence-electron chi connectivity index (χ4n) is 3.33. The van der Waals surface area contributed by atoms with Crippen molar-refractivity contribution >= 4 is 23.2 Å². The molecule has 1 aromatic carbocycles. The van der Waals surface area contributed by atoms with E-state index in [2.05, 4.69) is 6.92 Å². The Bertz CT molecular complexity index is 507. The molecule has 0 radical (unpaired) electrons. The summed E-state index contributed by atoms with van der Waals surface area (Å²) < 4.78 is 0. The van der Waals surface area contributed by atoms with E-state index >= 15 is 0 Å². The number of benzene rings is 1. The number of carbonyl (C=O) groups is 1. The Hall–Kier alpha value is -1.06. The molecule has 0 aliphatic carbocycles. The van der Waals surface area contributed by atoms with Crippen LogP contribution >= 0.6 is 11.6 Å². The normalized spacial score (nSPS) is 10.9. The molecule has 154 valence electrons. The molecule has 0 unspecified atom stereocenters. The van der Waals surface area contributed by atoms with E-state index in [1.165, 1.54) is 77.0 Å². The summed E-state index contributed by atoms with van der Waals surface area (Å²) >= 11 is 5.89. The first-order valence-corrected chi connectivity index (χ1v) is 11.3. The maximum absolute atomic E-state index is 12.0. The van der Waals surface area contributed by atoms with Crippen molar-refractivity contribution in [1.82, 2.24) is 0 Å². The van der Waals surface area contributed by atoms with Crippen LogP contribution in [0.15, 0.2) is 24.3 Å². The zero-order valence-electron chi connectivity index (χ0n) is 17.1. The molecule has 0 aromatic heterocycles. The first kappa shape index (κ1) is 24.0. The van der Waals surface area contributed by atoms with Crippen LogP contribution in [0.25, 0.3) is 0 Å². The van der Waals surface area contributed by atoms with E-state index in [9.17, 15) is 10.0 Å². The molecule has 0 aliphatic rings. The highest BCUT2D eigenvalue weighted by atomic mass is 35.5. The van der Waals surface area contributed by atoms with Crippen LogP contribution in [0.3, 0.4) is 0 Å². The van der Waals surface area contributed by atoms with Crippen molar-refractivity contribution in [2.75, 3.05) is 5.06 Å². The summed E-state index contributed by atoms with van der Waals surface area (Å²) in [5, 5.41) is 11.2. The third-order valence-electron chi connectivity index (χ3n) is 5.03. The number of unbranched alkanes of at least 4 members (excludes halogenated alkanes) is 13. The zero-order chi connectivity index (χ0) is 19.7. The third kappa shape index (κ3) is 12.1. The van der Waals surface area contributed by atoms with Crippen molar-refractivity contribution in [3.63, 3.8) is 0 Å². The lowest BCUT2D eigenvalue weighted by atomic mass is 10.0. The van der Waals surface area contributed by atoms with Crippen LogP contribution in [-0.4, -0.2) is 11.1 Å². The maximum Gasteiger partial charge on any atom is 0.250 e. The molecule has 0 saturated heterocycles. The first-order valence-electron chi connectivity index (χ1n) is 10.9. The Morgan fingerprint density at radius 2 is 1.33 bits per heavy atom. The van der Waals surface area contributed by atoms with E-state index in [1.807, 2.05) is 0 Å². The molecule has 0 bridgehead atoms. The summed E-state index contributed by atoms with van der Waals surface area (Å²) in [7, 11) is 0. The van der Waals surface area contributed by atoms with Gasteiger partial charge in [0.15, 0.2) is 0 Å². The van der Waals surface area contributed by atoms with Crippen LogP contribution in [0.4, 0.5) is 5.69 Å². The van der Waals surface area contributed by atoms with Crippen LogP contribution < -0.4 is 5.06 Å². The Kier molecular flexibility index (Phi) is 14.2. The summed E-state index contributed by atoms with van der Waals surface area (Å²) in [4.78, 5) is 12.0. The number of nitrogens with zero attached hydrogens (tertiary/aromatic N) is 1. The Labute approximate surface area is 171 Å². The molecular formula is C23H38ClNO2. The van der Waals surface area contributed by atoms with E-state index in [1.54, 1.807) is 24.3 Å². The highest BCUT2D eigenvalue weighted by Gasteiger charge is 2.12. The van der Waals surface area contributed by atoms with Crippen molar-refractivity contribution in [2.24, 2.45) is 0 Å². The van der Waals surface area contributed by atoms with Gasteiger partial charge in [0, 0.05) is 11.4 Å². The second-order valence-electron chi connectivity index (χ2n) is 7.53. The zero-order valence-corrected chi connectivity index (χ0v) is 17.9. The summed E-state index contributed by atoms with van der Waals surface area (Å²) in [6, 6.07) is 6.71. The predicted molar refractivity (Wildman–Crippen MR) is 116 cm³/mol.